The van der Waals surface area contributed by atoms with Crippen LogP contribution in [0.5, 0.6) is 0 Å². The van der Waals surface area contributed by atoms with E-state index in [1.165, 1.54) is 9.13 Å². The third kappa shape index (κ3) is 3.07. The van der Waals surface area contributed by atoms with Gasteiger partial charge in [0.1, 0.15) is 0 Å². The molecule has 9 nitrogen and oxygen atoms in total. The highest BCUT2D eigenvalue weighted by Gasteiger charge is 2.26. The van der Waals surface area contributed by atoms with E-state index in [1.54, 1.807) is 19.2 Å². The second-order valence-corrected chi connectivity index (χ2v) is 6.63. The second-order valence-electron chi connectivity index (χ2n) is 6.63. The Kier molecular flexibility index (Phi) is 5.26. The fourth-order valence-corrected chi connectivity index (χ4v) is 3.26. The van der Waals surface area contributed by atoms with Crippen LogP contribution in [-0.4, -0.2) is 44.7 Å². The largest absolute Gasteiger partial charge is 0.383 e. The molecule has 2 aromatic heterocycles. The Morgan fingerprint density at radius 3 is 2.65 bits per heavy atom. The molecule has 0 saturated carbocycles. The number of methoxy groups -OCH3 is 1. The maximum absolute atomic E-state index is 13.1. The van der Waals surface area contributed by atoms with Crippen LogP contribution in [0.1, 0.15) is 33.1 Å². The molecule has 2 aromatic rings. The van der Waals surface area contributed by atoms with E-state index in [1.807, 2.05) is 11.5 Å². The summed E-state index contributed by atoms with van der Waals surface area (Å²) in [6.45, 7) is 5.93. The molecule has 0 atom stereocenters. The van der Waals surface area contributed by atoms with E-state index in [9.17, 15) is 9.59 Å². The van der Waals surface area contributed by atoms with Crippen LogP contribution in [0.15, 0.2) is 14.7 Å². The first-order valence-corrected chi connectivity index (χ1v) is 9.00. The van der Waals surface area contributed by atoms with Gasteiger partial charge >= 0.3 is 5.69 Å². The summed E-state index contributed by atoms with van der Waals surface area (Å²) in [6.07, 6.45) is 2.82. The van der Waals surface area contributed by atoms with Crippen LogP contribution < -0.4 is 16.3 Å². The first-order chi connectivity index (χ1) is 12.5. The van der Waals surface area contributed by atoms with Gasteiger partial charge in [0.05, 0.1) is 25.4 Å². The summed E-state index contributed by atoms with van der Waals surface area (Å²) in [5, 5.41) is 6.24. The first-order valence-electron chi connectivity index (χ1n) is 9.00. The third-order valence-corrected chi connectivity index (χ3v) is 4.61. The summed E-state index contributed by atoms with van der Waals surface area (Å²) >= 11 is 0. The van der Waals surface area contributed by atoms with Crippen molar-refractivity contribution in [3.63, 3.8) is 0 Å². The molecule has 0 N–H and O–H groups in total. The molecule has 0 radical (unpaired) electrons. The van der Waals surface area contributed by atoms with Gasteiger partial charge in [-0.1, -0.05) is 19.8 Å². The van der Waals surface area contributed by atoms with Crippen LogP contribution in [0, 0.1) is 0 Å². The van der Waals surface area contributed by atoms with E-state index < -0.39 is 0 Å². The molecule has 0 aliphatic carbocycles. The minimum absolute atomic E-state index is 0.278. The summed E-state index contributed by atoms with van der Waals surface area (Å²) in [5.74, 6) is 0.570. The maximum Gasteiger partial charge on any atom is 0.332 e. The number of rotatable bonds is 7. The quantitative estimate of drug-likeness (QED) is 0.684. The van der Waals surface area contributed by atoms with E-state index in [0.717, 1.165) is 25.0 Å². The number of ether oxygens (including phenoxy) is 1. The average molecular weight is 362 g/mol. The number of aryl methyl sites for hydroxylation is 1. The summed E-state index contributed by atoms with van der Waals surface area (Å²) in [5.41, 5.74) is 1.12. The predicted molar refractivity (Wildman–Crippen MR) is 101 cm³/mol. The molecule has 9 heteroatoms. The Labute approximate surface area is 151 Å². The van der Waals surface area contributed by atoms with Crippen molar-refractivity contribution in [3.8, 4) is 0 Å². The molecule has 1 aliphatic heterocycles. The molecule has 3 rings (SSSR count). The van der Waals surface area contributed by atoms with E-state index >= 15 is 0 Å². The lowest BCUT2D eigenvalue weighted by Gasteiger charge is -2.24. The zero-order chi connectivity index (χ0) is 18.8. The molecule has 0 amide bonds. The normalized spacial score (nSPS) is 14.0. The van der Waals surface area contributed by atoms with Gasteiger partial charge in [0.25, 0.3) is 5.56 Å². The zero-order valence-electron chi connectivity index (χ0n) is 15.9. The van der Waals surface area contributed by atoms with Gasteiger partial charge in [-0.2, -0.15) is 10.1 Å². The molecule has 0 aromatic carbocycles. The summed E-state index contributed by atoms with van der Waals surface area (Å²) in [6, 6.07) is 0. The molecule has 0 bridgehead atoms. The van der Waals surface area contributed by atoms with Crippen molar-refractivity contribution < 1.29 is 4.74 Å². The van der Waals surface area contributed by atoms with Crippen molar-refractivity contribution >= 4 is 22.8 Å². The van der Waals surface area contributed by atoms with Crippen LogP contribution in [0.2, 0.25) is 0 Å². The first kappa shape index (κ1) is 18.4. The van der Waals surface area contributed by atoms with Gasteiger partial charge in [0, 0.05) is 20.7 Å². The predicted octanol–water partition coefficient (Wildman–Crippen LogP) is 0.929. The topological polar surface area (TPSA) is 86.7 Å². The number of hydrogen-bond donors (Lipinski definition) is 0. The van der Waals surface area contributed by atoms with E-state index in [4.69, 9.17) is 4.74 Å². The van der Waals surface area contributed by atoms with E-state index in [2.05, 4.69) is 17.0 Å². The van der Waals surface area contributed by atoms with Gasteiger partial charge < -0.3 is 4.74 Å². The highest BCUT2D eigenvalue weighted by atomic mass is 16.5. The minimum atomic E-state index is -0.324. The van der Waals surface area contributed by atoms with Crippen molar-refractivity contribution in [1.82, 2.24) is 18.7 Å². The maximum atomic E-state index is 13.1. The summed E-state index contributed by atoms with van der Waals surface area (Å²) < 4.78 is 9.78. The smallest absolute Gasteiger partial charge is 0.332 e. The molecule has 3 heterocycles. The molecule has 0 spiro atoms. The summed E-state index contributed by atoms with van der Waals surface area (Å²) in [7, 11) is 3.29. The number of hydrogen-bond acceptors (Lipinski definition) is 6. The lowest BCUT2D eigenvalue weighted by atomic mass is 10.2. The number of aromatic nitrogens is 4. The minimum Gasteiger partial charge on any atom is -0.383 e. The number of hydrazone groups is 1. The standard InChI is InChI=1S/C17H26N6O3/c1-5-6-7-8-21-15(24)13-14(20(3)17(21)25)18-16-22(13)11-12(2)19-23(16)9-10-26-4/h5-11H2,1-4H3. The SMILES string of the molecule is CCCCCn1c(=O)c2c(nc3n2CC(C)=NN3CCOC)n(C)c1=O. The van der Waals surface area contributed by atoms with E-state index in [-0.39, 0.29) is 11.2 Å². The van der Waals surface area contributed by atoms with Gasteiger partial charge in [-0.3, -0.25) is 18.5 Å². The lowest BCUT2D eigenvalue weighted by molar-refractivity contribution is 0.205. The molecular weight excluding hydrogens is 336 g/mol. The Morgan fingerprint density at radius 1 is 1.19 bits per heavy atom. The fraction of sp³-hybridized carbons (Fsp3) is 0.647. The van der Waals surface area contributed by atoms with Crippen LogP contribution in [0.4, 0.5) is 5.95 Å². The molecule has 0 saturated heterocycles. The Morgan fingerprint density at radius 2 is 1.96 bits per heavy atom. The highest BCUT2D eigenvalue weighted by Crippen LogP contribution is 2.23. The third-order valence-electron chi connectivity index (χ3n) is 4.61. The van der Waals surface area contributed by atoms with Crippen molar-refractivity contribution in [3.05, 3.63) is 20.8 Å². The Hall–Kier alpha value is -2.42. The molecule has 0 fully saturated rings. The van der Waals surface area contributed by atoms with Gasteiger partial charge in [0.2, 0.25) is 5.95 Å². The van der Waals surface area contributed by atoms with Gasteiger partial charge in [-0.25, -0.2) is 9.80 Å². The van der Waals surface area contributed by atoms with Crippen molar-refractivity contribution in [2.24, 2.45) is 12.1 Å². The molecule has 1 aliphatic rings. The monoisotopic (exact) mass is 362 g/mol. The van der Waals surface area contributed by atoms with Crippen molar-refractivity contribution in [1.29, 1.82) is 0 Å². The van der Waals surface area contributed by atoms with Crippen LogP contribution >= 0.6 is 0 Å². The Bertz CT molecular complexity index is 952. The number of nitrogens with zero attached hydrogens (tertiary/aromatic N) is 6. The second kappa shape index (κ2) is 7.45. The lowest BCUT2D eigenvalue weighted by Crippen LogP contribution is -2.40. The van der Waals surface area contributed by atoms with Gasteiger partial charge in [-0.15, -0.1) is 0 Å². The van der Waals surface area contributed by atoms with Crippen LogP contribution in [0.3, 0.4) is 0 Å². The van der Waals surface area contributed by atoms with Crippen molar-refractivity contribution in [2.75, 3.05) is 25.3 Å². The van der Waals surface area contributed by atoms with E-state index in [0.29, 0.717) is 43.4 Å². The molecule has 142 valence electrons. The number of fused-ring (bicyclic) bond motifs is 3. The fourth-order valence-electron chi connectivity index (χ4n) is 3.26. The Balaban J connectivity index is 2.17. The average Bonchev–Trinajstić information content (AvgIpc) is 3.00. The number of anilines is 1. The number of imidazole rings is 1. The van der Waals surface area contributed by atoms with Gasteiger partial charge in [0.15, 0.2) is 11.2 Å². The summed E-state index contributed by atoms with van der Waals surface area (Å²) in [4.78, 5) is 30.3. The van der Waals surface area contributed by atoms with Crippen LogP contribution in [-0.2, 0) is 24.9 Å². The molecule has 26 heavy (non-hydrogen) atoms. The van der Waals surface area contributed by atoms with Gasteiger partial charge in [-0.05, 0) is 13.3 Å². The van der Waals surface area contributed by atoms with Crippen molar-refractivity contribution in [2.45, 2.75) is 46.2 Å². The molecule has 0 unspecified atom stereocenters. The molecular formula is C17H26N6O3. The van der Waals surface area contributed by atoms with Crippen LogP contribution in [0.25, 0.3) is 11.2 Å². The zero-order valence-corrected chi connectivity index (χ0v) is 15.9. The number of unbranched alkanes of at least 4 members (excludes halogenated alkanes) is 2. The highest BCUT2D eigenvalue weighted by molar-refractivity contribution is 5.87.